The SMILES string of the molecule is CC(N)CNc1cccc2c1C(=O)c1cccc(NCC(C)N)c1C2=O. The first-order chi connectivity index (χ1) is 12.4. The van der Waals surface area contributed by atoms with Crippen molar-refractivity contribution < 1.29 is 9.59 Å². The zero-order valence-electron chi connectivity index (χ0n) is 15.0. The summed E-state index contributed by atoms with van der Waals surface area (Å²) in [5.74, 6) is -0.321. The van der Waals surface area contributed by atoms with Crippen LogP contribution in [0.2, 0.25) is 0 Å². The van der Waals surface area contributed by atoms with Gasteiger partial charge in [0.2, 0.25) is 0 Å². The van der Waals surface area contributed by atoms with Crippen LogP contribution < -0.4 is 22.1 Å². The number of anilines is 2. The second-order valence-electron chi connectivity index (χ2n) is 6.83. The number of rotatable bonds is 6. The average Bonchev–Trinajstić information content (AvgIpc) is 2.62. The predicted molar refractivity (Wildman–Crippen MR) is 104 cm³/mol. The Morgan fingerprint density at radius 2 is 1.15 bits per heavy atom. The fourth-order valence-corrected chi connectivity index (χ4v) is 3.08. The molecule has 0 saturated carbocycles. The molecule has 0 heterocycles. The fraction of sp³-hybridized carbons (Fsp3) is 0.300. The Labute approximate surface area is 153 Å². The molecule has 0 saturated heterocycles. The Hall–Kier alpha value is -2.70. The van der Waals surface area contributed by atoms with Gasteiger partial charge in [0.1, 0.15) is 0 Å². The van der Waals surface area contributed by atoms with Crippen LogP contribution in [0, 0.1) is 0 Å². The van der Waals surface area contributed by atoms with Crippen molar-refractivity contribution in [2.45, 2.75) is 25.9 Å². The number of carbonyl (C=O) groups is 2. The molecule has 0 aromatic heterocycles. The number of nitrogens with two attached hydrogens (primary N) is 2. The molecule has 2 aromatic rings. The number of hydrogen-bond donors (Lipinski definition) is 4. The van der Waals surface area contributed by atoms with Crippen LogP contribution in [0.4, 0.5) is 11.4 Å². The minimum Gasteiger partial charge on any atom is -0.383 e. The Morgan fingerprint density at radius 1 is 0.769 bits per heavy atom. The van der Waals surface area contributed by atoms with Crippen LogP contribution in [0.25, 0.3) is 0 Å². The summed E-state index contributed by atoms with van der Waals surface area (Å²) in [6.07, 6.45) is 0. The highest BCUT2D eigenvalue weighted by molar-refractivity contribution is 6.31. The van der Waals surface area contributed by atoms with Crippen molar-refractivity contribution in [3.05, 3.63) is 58.7 Å². The van der Waals surface area contributed by atoms with E-state index in [-0.39, 0.29) is 23.7 Å². The first kappa shape index (κ1) is 18.1. The van der Waals surface area contributed by atoms with Crippen LogP contribution in [-0.4, -0.2) is 36.7 Å². The van der Waals surface area contributed by atoms with Gasteiger partial charge < -0.3 is 22.1 Å². The van der Waals surface area contributed by atoms with E-state index < -0.39 is 0 Å². The largest absolute Gasteiger partial charge is 0.383 e. The van der Waals surface area contributed by atoms with E-state index in [1.807, 2.05) is 13.8 Å². The molecule has 0 spiro atoms. The summed E-state index contributed by atoms with van der Waals surface area (Å²) in [6.45, 7) is 4.78. The van der Waals surface area contributed by atoms with Crippen LogP contribution in [-0.2, 0) is 0 Å². The maximum absolute atomic E-state index is 13.1. The van der Waals surface area contributed by atoms with E-state index in [0.29, 0.717) is 46.7 Å². The lowest BCUT2D eigenvalue weighted by molar-refractivity contribution is 0.0980. The summed E-state index contributed by atoms with van der Waals surface area (Å²) in [4.78, 5) is 26.3. The third-order valence-corrected chi connectivity index (χ3v) is 4.30. The quantitative estimate of drug-likeness (QED) is 0.540. The zero-order valence-corrected chi connectivity index (χ0v) is 15.0. The van der Waals surface area contributed by atoms with Crippen LogP contribution in [0.3, 0.4) is 0 Å². The topological polar surface area (TPSA) is 110 Å². The van der Waals surface area contributed by atoms with E-state index >= 15 is 0 Å². The Morgan fingerprint density at radius 3 is 1.50 bits per heavy atom. The third-order valence-electron chi connectivity index (χ3n) is 4.30. The van der Waals surface area contributed by atoms with E-state index in [9.17, 15) is 9.59 Å². The highest BCUT2D eigenvalue weighted by Crippen LogP contribution is 2.35. The minimum absolute atomic E-state index is 0.0680. The van der Waals surface area contributed by atoms with E-state index in [0.717, 1.165) is 0 Å². The average molecular weight is 352 g/mol. The van der Waals surface area contributed by atoms with Gasteiger partial charge in [-0.25, -0.2) is 0 Å². The second-order valence-corrected chi connectivity index (χ2v) is 6.83. The lowest BCUT2D eigenvalue weighted by atomic mass is 9.82. The number of fused-ring (bicyclic) bond motifs is 2. The molecule has 0 radical (unpaired) electrons. The first-order valence-electron chi connectivity index (χ1n) is 8.74. The van der Waals surface area contributed by atoms with Gasteiger partial charge >= 0.3 is 0 Å². The van der Waals surface area contributed by atoms with Crippen molar-refractivity contribution in [2.75, 3.05) is 23.7 Å². The number of ketones is 2. The minimum atomic E-state index is -0.160. The van der Waals surface area contributed by atoms with Crippen LogP contribution in [0.5, 0.6) is 0 Å². The van der Waals surface area contributed by atoms with Crippen molar-refractivity contribution in [2.24, 2.45) is 11.5 Å². The lowest BCUT2D eigenvalue weighted by Crippen LogP contribution is -2.29. The Kier molecular flexibility index (Phi) is 5.06. The molecule has 26 heavy (non-hydrogen) atoms. The maximum Gasteiger partial charge on any atom is 0.196 e. The van der Waals surface area contributed by atoms with Crippen molar-refractivity contribution in [3.63, 3.8) is 0 Å². The summed E-state index contributed by atoms with van der Waals surface area (Å²) in [7, 11) is 0. The van der Waals surface area contributed by atoms with Crippen molar-refractivity contribution in [1.82, 2.24) is 0 Å². The number of benzene rings is 2. The molecule has 0 amide bonds. The number of nitrogens with one attached hydrogen (secondary N) is 2. The molecule has 1 aliphatic carbocycles. The van der Waals surface area contributed by atoms with Crippen molar-refractivity contribution >= 4 is 22.9 Å². The summed E-state index contributed by atoms with van der Waals surface area (Å²) < 4.78 is 0. The van der Waals surface area contributed by atoms with E-state index in [2.05, 4.69) is 10.6 Å². The highest BCUT2D eigenvalue weighted by atomic mass is 16.1. The molecule has 2 aromatic carbocycles. The summed E-state index contributed by atoms with van der Waals surface area (Å²) in [5.41, 5.74) is 14.5. The van der Waals surface area contributed by atoms with Crippen LogP contribution in [0.1, 0.15) is 45.7 Å². The molecule has 2 unspecified atom stereocenters. The van der Waals surface area contributed by atoms with Crippen molar-refractivity contribution in [3.8, 4) is 0 Å². The predicted octanol–water partition coefficient (Wildman–Crippen LogP) is 1.98. The molecular formula is C20H24N4O2. The summed E-state index contributed by atoms with van der Waals surface area (Å²) >= 11 is 0. The molecule has 6 N–H and O–H groups in total. The van der Waals surface area contributed by atoms with Gasteiger partial charge in [0, 0.05) is 47.7 Å². The van der Waals surface area contributed by atoms with E-state index in [1.54, 1.807) is 36.4 Å². The monoisotopic (exact) mass is 352 g/mol. The Balaban J connectivity index is 2.06. The molecule has 2 atom stereocenters. The fourth-order valence-electron chi connectivity index (χ4n) is 3.08. The lowest BCUT2D eigenvalue weighted by Gasteiger charge is -2.23. The van der Waals surface area contributed by atoms with Gasteiger partial charge in [0.25, 0.3) is 0 Å². The van der Waals surface area contributed by atoms with Gasteiger partial charge in [-0.2, -0.15) is 0 Å². The molecule has 6 nitrogen and oxygen atoms in total. The maximum atomic E-state index is 13.1. The van der Waals surface area contributed by atoms with Crippen molar-refractivity contribution in [1.29, 1.82) is 0 Å². The van der Waals surface area contributed by atoms with Gasteiger partial charge in [-0.05, 0) is 26.0 Å². The van der Waals surface area contributed by atoms with Gasteiger partial charge in [0.15, 0.2) is 11.6 Å². The second kappa shape index (κ2) is 7.27. The van der Waals surface area contributed by atoms with E-state index in [1.165, 1.54) is 0 Å². The van der Waals surface area contributed by atoms with Gasteiger partial charge in [0.05, 0.1) is 11.1 Å². The molecule has 1 aliphatic rings. The molecule has 0 aliphatic heterocycles. The number of hydrogen-bond acceptors (Lipinski definition) is 6. The summed E-state index contributed by atoms with van der Waals surface area (Å²) in [6, 6.07) is 10.4. The molecular weight excluding hydrogens is 328 g/mol. The van der Waals surface area contributed by atoms with Gasteiger partial charge in [-0.3, -0.25) is 9.59 Å². The van der Waals surface area contributed by atoms with Gasteiger partial charge in [-0.1, -0.05) is 24.3 Å². The normalized spacial score (nSPS) is 15.1. The summed E-state index contributed by atoms with van der Waals surface area (Å²) in [5, 5.41) is 6.36. The molecule has 3 rings (SSSR count). The van der Waals surface area contributed by atoms with Crippen LogP contribution >= 0.6 is 0 Å². The van der Waals surface area contributed by atoms with Crippen LogP contribution in [0.15, 0.2) is 36.4 Å². The van der Waals surface area contributed by atoms with E-state index in [4.69, 9.17) is 11.5 Å². The standard InChI is InChI=1S/C20H24N4O2/c1-11(21)9-23-15-7-3-5-13-17(15)19(25)14-6-4-8-16(18(14)20(13)26)24-10-12(2)22/h3-8,11-12,23-24H,9-10,21-22H2,1-2H3. The van der Waals surface area contributed by atoms with Gasteiger partial charge in [-0.15, -0.1) is 0 Å². The molecule has 6 heteroatoms. The molecule has 0 bridgehead atoms. The molecule has 0 fully saturated rings. The third kappa shape index (κ3) is 3.34. The number of carbonyl (C=O) groups excluding carboxylic acids is 2. The smallest absolute Gasteiger partial charge is 0.196 e. The zero-order chi connectivity index (χ0) is 18.8. The Bertz CT molecular complexity index is 787. The highest BCUT2D eigenvalue weighted by Gasteiger charge is 2.33. The first-order valence-corrected chi connectivity index (χ1v) is 8.74. The molecule has 136 valence electrons.